The van der Waals surface area contributed by atoms with Gasteiger partial charge in [-0.1, -0.05) is 24.3 Å². The van der Waals surface area contributed by atoms with Gasteiger partial charge in [-0.25, -0.2) is 4.79 Å². The molecule has 3 rings (SSSR count). The highest BCUT2D eigenvalue weighted by atomic mass is 32.1. The summed E-state index contributed by atoms with van der Waals surface area (Å²) >= 11 is 1.27. The maximum atomic E-state index is 12.6. The number of esters is 1. The number of nitrogens with one attached hydrogen (secondary N) is 2. The van der Waals surface area contributed by atoms with Gasteiger partial charge in [0.25, 0.3) is 11.8 Å². The summed E-state index contributed by atoms with van der Waals surface area (Å²) in [7, 11) is 0. The molecule has 2 amide bonds. The Hall–Kier alpha value is -3.98. The molecule has 0 aliphatic rings. The molecule has 0 aliphatic carbocycles. The first-order valence-corrected chi connectivity index (χ1v) is 11.6. The summed E-state index contributed by atoms with van der Waals surface area (Å²) < 4.78 is 5.05. The molecule has 0 radical (unpaired) electrons. The first kappa shape index (κ1) is 24.7. The van der Waals surface area contributed by atoms with E-state index in [0.717, 1.165) is 18.8 Å². The maximum Gasteiger partial charge on any atom is 0.339 e. The van der Waals surface area contributed by atoms with Crippen molar-refractivity contribution in [2.45, 2.75) is 13.8 Å². The van der Waals surface area contributed by atoms with Gasteiger partial charge in [-0.2, -0.15) is 0 Å². The monoisotopic (exact) mass is 479 g/mol. The molecule has 2 aromatic carbocycles. The van der Waals surface area contributed by atoms with Crippen molar-refractivity contribution in [2.24, 2.45) is 0 Å². The van der Waals surface area contributed by atoms with Crippen LogP contribution in [-0.2, 0) is 9.53 Å². The molecule has 0 saturated carbocycles. The van der Waals surface area contributed by atoms with E-state index >= 15 is 0 Å². The molecule has 2 N–H and O–H groups in total. The maximum absolute atomic E-state index is 12.6. The smallest absolute Gasteiger partial charge is 0.339 e. The Morgan fingerprint density at radius 1 is 0.853 bits per heavy atom. The Labute approximate surface area is 201 Å². The first-order valence-electron chi connectivity index (χ1n) is 10.7. The van der Waals surface area contributed by atoms with Crippen LogP contribution in [-0.4, -0.2) is 43.3 Å². The predicted molar refractivity (Wildman–Crippen MR) is 130 cm³/mol. The van der Waals surface area contributed by atoms with Gasteiger partial charge in [0.1, 0.15) is 0 Å². The van der Waals surface area contributed by atoms with Crippen molar-refractivity contribution < 1.29 is 23.9 Å². The number of thiophene rings is 1. The lowest BCUT2D eigenvalue weighted by Gasteiger charge is -2.21. The summed E-state index contributed by atoms with van der Waals surface area (Å²) in [5.74, 6) is -2.33. The summed E-state index contributed by atoms with van der Waals surface area (Å²) in [6.07, 6.45) is 0. The van der Waals surface area contributed by atoms with Crippen molar-refractivity contribution >= 4 is 40.6 Å². The molecular formula is C25H25N3O5S. The normalized spacial score (nSPS) is 10.3. The second-order valence-corrected chi connectivity index (χ2v) is 8.10. The van der Waals surface area contributed by atoms with Crippen LogP contribution in [0.15, 0.2) is 66.0 Å². The van der Waals surface area contributed by atoms with Gasteiger partial charge in [-0.15, -0.1) is 11.3 Å². The fourth-order valence-electron chi connectivity index (χ4n) is 3.26. The second-order valence-electron chi connectivity index (χ2n) is 7.15. The van der Waals surface area contributed by atoms with Crippen LogP contribution < -0.4 is 15.8 Å². The minimum atomic E-state index is -0.811. The summed E-state index contributed by atoms with van der Waals surface area (Å²) in [5, 5.41) is 1.77. The highest BCUT2D eigenvalue weighted by Crippen LogP contribution is 2.19. The lowest BCUT2D eigenvalue weighted by molar-refractivity contribution is -0.125. The van der Waals surface area contributed by atoms with Crippen LogP contribution in [0.4, 0.5) is 5.69 Å². The standard InChI is InChI=1S/C25H25N3O5S/c1-3-28(4-2)18-13-11-17(12-14-18)24(31)27-26-22(29)16-33-25(32)20-9-6-5-8-19(20)23(30)21-10-7-15-34-21/h5-15H,3-4,16H2,1-2H3,(H,26,29)(H,27,31). The summed E-state index contributed by atoms with van der Waals surface area (Å²) in [5.41, 5.74) is 6.12. The Balaban J connectivity index is 1.52. The number of hydrogen-bond acceptors (Lipinski definition) is 7. The number of nitrogens with zero attached hydrogens (tertiary/aromatic N) is 1. The number of ketones is 1. The van der Waals surface area contributed by atoms with Gasteiger partial charge in [0.05, 0.1) is 10.4 Å². The molecule has 0 bridgehead atoms. The molecule has 8 nitrogen and oxygen atoms in total. The first-order chi connectivity index (χ1) is 16.4. The SMILES string of the molecule is CCN(CC)c1ccc(C(=O)NNC(=O)COC(=O)c2ccccc2C(=O)c2cccs2)cc1. The van der Waals surface area contributed by atoms with Gasteiger partial charge >= 0.3 is 5.97 Å². The molecule has 1 heterocycles. The van der Waals surface area contributed by atoms with Gasteiger partial charge < -0.3 is 9.64 Å². The number of benzene rings is 2. The third kappa shape index (κ3) is 6.08. The molecular weight excluding hydrogens is 454 g/mol. The molecule has 9 heteroatoms. The minimum Gasteiger partial charge on any atom is -0.452 e. The Bertz CT molecular complexity index is 1160. The van der Waals surface area contributed by atoms with Gasteiger partial charge in [0.15, 0.2) is 6.61 Å². The topological polar surface area (TPSA) is 105 Å². The number of hydrazine groups is 1. The van der Waals surface area contributed by atoms with Crippen molar-refractivity contribution in [3.05, 3.63) is 87.6 Å². The van der Waals surface area contributed by atoms with Crippen LogP contribution in [0, 0.1) is 0 Å². The van der Waals surface area contributed by atoms with E-state index in [0.29, 0.717) is 10.4 Å². The van der Waals surface area contributed by atoms with E-state index in [9.17, 15) is 19.2 Å². The lowest BCUT2D eigenvalue weighted by Crippen LogP contribution is -2.43. The number of amides is 2. The molecule has 0 atom stereocenters. The molecule has 3 aromatic rings. The molecule has 0 fully saturated rings. The van der Waals surface area contributed by atoms with Crippen LogP contribution in [0.25, 0.3) is 0 Å². The van der Waals surface area contributed by atoms with Gasteiger partial charge in [0.2, 0.25) is 5.78 Å². The Morgan fingerprint density at radius 2 is 1.53 bits per heavy atom. The zero-order valence-electron chi connectivity index (χ0n) is 18.9. The van der Waals surface area contributed by atoms with Crippen LogP contribution in [0.5, 0.6) is 0 Å². The lowest BCUT2D eigenvalue weighted by atomic mass is 10.0. The van der Waals surface area contributed by atoms with Crippen LogP contribution >= 0.6 is 11.3 Å². The molecule has 34 heavy (non-hydrogen) atoms. The van der Waals surface area contributed by atoms with Crippen molar-refractivity contribution in [3.8, 4) is 0 Å². The summed E-state index contributed by atoms with van der Waals surface area (Å²) in [4.78, 5) is 52.1. The van der Waals surface area contributed by atoms with Gasteiger partial charge in [-0.3, -0.25) is 25.2 Å². The number of carbonyl (C=O) groups is 4. The Kier molecular flexibility index (Phi) is 8.53. The Morgan fingerprint density at radius 3 is 2.15 bits per heavy atom. The third-order valence-electron chi connectivity index (χ3n) is 5.04. The molecule has 0 spiro atoms. The van der Waals surface area contributed by atoms with Crippen molar-refractivity contribution in [1.29, 1.82) is 0 Å². The fraction of sp³-hybridized carbons (Fsp3) is 0.200. The number of carbonyl (C=O) groups excluding carboxylic acids is 4. The van der Waals surface area contributed by atoms with Crippen LogP contribution in [0.3, 0.4) is 0 Å². The summed E-state index contributed by atoms with van der Waals surface area (Å²) in [6, 6.07) is 16.7. The van der Waals surface area contributed by atoms with Crippen molar-refractivity contribution in [2.75, 3.05) is 24.6 Å². The molecule has 0 aliphatic heterocycles. The fourth-order valence-corrected chi connectivity index (χ4v) is 3.93. The second kappa shape index (κ2) is 11.8. The van der Waals surface area contributed by atoms with Crippen molar-refractivity contribution in [3.63, 3.8) is 0 Å². The van der Waals surface area contributed by atoms with Gasteiger partial charge in [-0.05, 0) is 55.6 Å². The van der Waals surface area contributed by atoms with E-state index in [-0.39, 0.29) is 16.9 Å². The zero-order valence-corrected chi connectivity index (χ0v) is 19.7. The van der Waals surface area contributed by atoms with Crippen LogP contribution in [0.2, 0.25) is 0 Å². The number of ether oxygens (including phenoxy) is 1. The molecule has 0 saturated heterocycles. The van der Waals surface area contributed by atoms with Gasteiger partial charge in [0, 0.05) is 29.9 Å². The van der Waals surface area contributed by atoms with Crippen LogP contribution in [0.1, 0.15) is 49.8 Å². The summed E-state index contributed by atoms with van der Waals surface area (Å²) in [6.45, 7) is 5.17. The highest BCUT2D eigenvalue weighted by molar-refractivity contribution is 7.12. The van der Waals surface area contributed by atoms with E-state index in [1.807, 2.05) is 26.0 Å². The third-order valence-corrected chi connectivity index (χ3v) is 5.91. The van der Waals surface area contributed by atoms with E-state index in [2.05, 4.69) is 15.8 Å². The molecule has 176 valence electrons. The average Bonchev–Trinajstić information content (AvgIpc) is 3.41. The highest BCUT2D eigenvalue weighted by Gasteiger charge is 2.20. The van der Waals surface area contributed by atoms with Crippen molar-refractivity contribution in [1.82, 2.24) is 10.9 Å². The quantitative estimate of drug-likeness (QED) is 0.277. The van der Waals surface area contributed by atoms with E-state index < -0.39 is 24.4 Å². The average molecular weight is 480 g/mol. The van der Waals surface area contributed by atoms with E-state index in [1.54, 1.807) is 41.8 Å². The molecule has 1 aromatic heterocycles. The minimum absolute atomic E-state index is 0.0611. The largest absolute Gasteiger partial charge is 0.452 e. The molecule has 0 unspecified atom stereocenters. The number of rotatable bonds is 9. The predicted octanol–water partition coefficient (Wildman–Crippen LogP) is 3.44. The van der Waals surface area contributed by atoms with E-state index in [4.69, 9.17) is 4.74 Å². The number of hydrogen-bond donors (Lipinski definition) is 2. The number of anilines is 1. The van der Waals surface area contributed by atoms with E-state index in [1.165, 1.54) is 23.5 Å². The zero-order chi connectivity index (χ0) is 24.5.